The third-order valence-corrected chi connectivity index (χ3v) is 3.07. The molecule has 0 heterocycles. The molecule has 0 aromatic carbocycles. The zero-order valence-corrected chi connectivity index (χ0v) is 7.68. The van der Waals surface area contributed by atoms with Crippen molar-refractivity contribution in [3.05, 3.63) is 0 Å². The van der Waals surface area contributed by atoms with E-state index in [1.807, 2.05) is 6.92 Å². The average Bonchev–Trinajstić information content (AvgIpc) is 2.50. The molecule has 3 nitrogen and oxygen atoms in total. The lowest BCUT2D eigenvalue weighted by atomic mass is 9.84. The second-order valence-electron chi connectivity index (χ2n) is 3.78. The minimum atomic E-state index is -0.583. The number of carbonyl (C=O) groups excluding carboxylic acids is 3. The van der Waals surface area contributed by atoms with E-state index in [1.54, 1.807) is 0 Å². The van der Waals surface area contributed by atoms with Crippen LogP contribution in [0.25, 0.3) is 0 Å². The van der Waals surface area contributed by atoms with Crippen molar-refractivity contribution in [3.8, 4) is 0 Å². The molecule has 72 valence electrons. The molecule has 0 N–H and O–H groups in total. The molecule has 0 aromatic rings. The Kier molecular flexibility index (Phi) is 3.34. The van der Waals surface area contributed by atoms with Crippen LogP contribution in [-0.4, -0.2) is 18.9 Å². The molecular formula is C10H14O3. The first-order valence-electron chi connectivity index (χ1n) is 4.60. The fraction of sp³-hybridized carbons (Fsp3) is 0.700. The van der Waals surface area contributed by atoms with E-state index in [1.165, 1.54) is 0 Å². The van der Waals surface area contributed by atoms with Gasteiger partial charge in [0.05, 0.1) is 5.92 Å². The Morgan fingerprint density at radius 1 is 1.15 bits per heavy atom. The molecular weight excluding hydrogens is 168 g/mol. The van der Waals surface area contributed by atoms with Gasteiger partial charge in [0.25, 0.3) is 0 Å². The molecule has 0 aromatic heterocycles. The predicted molar refractivity (Wildman–Crippen MR) is 47.1 cm³/mol. The van der Waals surface area contributed by atoms with Crippen LogP contribution in [0.4, 0.5) is 0 Å². The largest absolute Gasteiger partial charge is 0.303 e. The van der Waals surface area contributed by atoms with Gasteiger partial charge in [-0.05, 0) is 24.7 Å². The summed E-state index contributed by atoms with van der Waals surface area (Å²) in [6, 6.07) is 0. The van der Waals surface area contributed by atoms with Gasteiger partial charge in [-0.25, -0.2) is 0 Å². The van der Waals surface area contributed by atoms with Crippen molar-refractivity contribution in [1.29, 1.82) is 0 Å². The van der Waals surface area contributed by atoms with Gasteiger partial charge in [-0.2, -0.15) is 0 Å². The Balaban J connectivity index is 2.73. The molecule has 1 saturated carbocycles. The summed E-state index contributed by atoms with van der Waals surface area (Å²) in [7, 11) is 0. The second kappa shape index (κ2) is 4.30. The fourth-order valence-electron chi connectivity index (χ4n) is 2.18. The van der Waals surface area contributed by atoms with Crippen LogP contribution in [0.15, 0.2) is 0 Å². The Bertz CT molecular complexity index is 204. The fourth-order valence-corrected chi connectivity index (χ4v) is 2.18. The van der Waals surface area contributed by atoms with Crippen LogP contribution in [0.5, 0.6) is 0 Å². The van der Waals surface area contributed by atoms with Crippen molar-refractivity contribution >= 4 is 18.9 Å². The summed E-state index contributed by atoms with van der Waals surface area (Å²) < 4.78 is 0. The third kappa shape index (κ3) is 1.85. The van der Waals surface area contributed by atoms with Gasteiger partial charge in [0.2, 0.25) is 0 Å². The van der Waals surface area contributed by atoms with Crippen molar-refractivity contribution < 1.29 is 14.4 Å². The summed E-state index contributed by atoms with van der Waals surface area (Å²) in [5.74, 6) is -0.437. The number of hydrogen-bond acceptors (Lipinski definition) is 3. The lowest BCUT2D eigenvalue weighted by Gasteiger charge is -2.18. The van der Waals surface area contributed by atoms with Crippen molar-refractivity contribution in [2.45, 2.75) is 19.8 Å². The highest BCUT2D eigenvalue weighted by molar-refractivity contribution is 5.78. The van der Waals surface area contributed by atoms with Crippen LogP contribution >= 0.6 is 0 Å². The molecule has 3 unspecified atom stereocenters. The Morgan fingerprint density at radius 2 is 1.77 bits per heavy atom. The van der Waals surface area contributed by atoms with Gasteiger partial charge in [0.1, 0.15) is 18.9 Å². The van der Waals surface area contributed by atoms with E-state index in [2.05, 4.69) is 0 Å². The summed E-state index contributed by atoms with van der Waals surface area (Å²) in [6.07, 6.45) is 3.96. The number of hydrogen-bond donors (Lipinski definition) is 0. The molecule has 3 heteroatoms. The summed E-state index contributed by atoms with van der Waals surface area (Å²) in [5.41, 5.74) is 0. The molecule has 0 spiro atoms. The molecule has 1 aliphatic carbocycles. The lowest BCUT2D eigenvalue weighted by molar-refractivity contribution is -0.123. The number of rotatable bonds is 4. The van der Waals surface area contributed by atoms with Crippen LogP contribution in [-0.2, 0) is 14.4 Å². The van der Waals surface area contributed by atoms with Crippen molar-refractivity contribution in [2.75, 3.05) is 0 Å². The molecule has 3 atom stereocenters. The van der Waals surface area contributed by atoms with E-state index in [0.717, 1.165) is 19.1 Å². The minimum absolute atomic E-state index is 0.0532. The third-order valence-electron chi connectivity index (χ3n) is 3.07. The summed E-state index contributed by atoms with van der Waals surface area (Å²) >= 11 is 0. The van der Waals surface area contributed by atoms with Gasteiger partial charge in [0, 0.05) is 5.92 Å². The lowest BCUT2D eigenvalue weighted by Crippen LogP contribution is -2.24. The van der Waals surface area contributed by atoms with E-state index in [4.69, 9.17) is 0 Å². The van der Waals surface area contributed by atoms with Crippen LogP contribution in [0.1, 0.15) is 19.8 Å². The summed E-state index contributed by atoms with van der Waals surface area (Å²) in [4.78, 5) is 31.8. The van der Waals surface area contributed by atoms with E-state index in [-0.39, 0.29) is 11.8 Å². The average molecular weight is 182 g/mol. The maximum atomic E-state index is 10.7. The first-order chi connectivity index (χ1) is 6.24. The van der Waals surface area contributed by atoms with E-state index >= 15 is 0 Å². The topological polar surface area (TPSA) is 51.2 Å². The number of carbonyl (C=O) groups is 3. The monoisotopic (exact) mass is 182 g/mol. The molecule has 0 radical (unpaired) electrons. The number of aldehydes is 3. The minimum Gasteiger partial charge on any atom is -0.303 e. The second-order valence-corrected chi connectivity index (χ2v) is 3.78. The van der Waals surface area contributed by atoms with Gasteiger partial charge >= 0.3 is 0 Å². The smallest absolute Gasteiger partial charge is 0.130 e. The molecule has 1 aliphatic rings. The predicted octanol–water partition coefficient (Wildman–Crippen LogP) is 0.862. The standard InChI is InChI=1S/C10H14O3/c1-7-2-3-9(10(7)6-13)8(4-11)5-12/h4-10H,2-3H2,1H3. The molecule has 0 amide bonds. The molecule has 1 fully saturated rings. The highest BCUT2D eigenvalue weighted by Gasteiger charge is 2.37. The van der Waals surface area contributed by atoms with Crippen molar-refractivity contribution in [1.82, 2.24) is 0 Å². The van der Waals surface area contributed by atoms with E-state index < -0.39 is 5.92 Å². The van der Waals surface area contributed by atoms with Crippen LogP contribution < -0.4 is 0 Å². The molecule has 0 bridgehead atoms. The molecule has 0 aliphatic heterocycles. The van der Waals surface area contributed by atoms with Gasteiger partial charge in [0.15, 0.2) is 0 Å². The van der Waals surface area contributed by atoms with Crippen LogP contribution in [0, 0.1) is 23.7 Å². The van der Waals surface area contributed by atoms with Gasteiger partial charge in [-0.3, -0.25) is 0 Å². The quantitative estimate of drug-likeness (QED) is 0.478. The zero-order chi connectivity index (χ0) is 9.84. The molecule has 13 heavy (non-hydrogen) atoms. The molecule has 0 saturated heterocycles. The maximum Gasteiger partial charge on any atom is 0.130 e. The Labute approximate surface area is 77.5 Å². The first-order valence-corrected chi connectivity index (χ1v) is 4.60. The van der Waals surface area contributed by atoms with Crippen LogP contribution in [0.2, 0.25) is 0 Å². The van der Waals surface area contributed by atoms with Crippen molar-refractivity contribution in [2.24, 2.45) is 23.7 Å². The Hall–Kier alpha value is -0.990. The highest BCUT2D eigenvalue weighted by Crippen LogP contribution is 2.38. The normalized spacial score (nSPS) is 33.2. The van der Waals surface area contributed by atoms with Gasteiger partial charge in [-0.15, -0.1) is 0 Å². The SMILES string of the molecule is CC1CCC(C(C=O)C=O)C1C=O. The van der Waals surface area contributed by atoms with E-state index in [9.17, 15) is 14.4 Å². The Morgan fingerprint density at radius 3 is 2.23 bits per heavy atom. The maximum absolute atomic E-state index is 10.7. The van der Waals surface area contributed by atoms with Gasteiger partial charge < -0.3 is 14.4 Å². The molecule has 1 rings (SSSR count). The summed E-state index contributed by atoms with van der Waals surface area (Å²) in [5, 5.41) is 0. The van der Waals surface area contributed by atoms with Crippen molar-refractivity contribution in [3.63, 3.8) is 0 Å². The summed E-state index contributed by atoms with van der Waals surface area (Å²) in [6.45, 7) is 1.99. The first kappa shape index (κ1) is 10.1. The van der Waals surface area contributed by atoms with Crippen LogP contribution in [0.3, 0.4) is 0 Å². The van der Waals surface area contributed by atoms with Gasteiger partial charge in [-0.1, -0.05) is 6.92 Å². The zero-order valence-electron chi connectivity index (χ0n) is 7.68. The van der Waals surface area contributed by atoms with E-state index in [0.29, 0.717) is 18.5 Å². The highest BCUT2D eigenvalue weighted by atomic mass is 16.1.